The number of hydrogen-bond donors (Lipinski definition) is 1. The van der Waals surface area contributed by atoms with Gasteiger partial charge in [0.15, 0.2) is 6.04 Å². The lowest BCUT2D eigenvalue weighted by Crippen LogP contribution is -2.35. The minimum absolute atomic E-state index is 0.120. The first-order valence-corrected chi connectivity index (χ1v) is 7.00. The second-order valence-corrected chi connectivity index (χ2v) is 5.03. The maximum Gasteiger partial charge on any atom is 0.333 e. The number of methoxy groups -OCH3 is 1. The predicted molar refractivity (Wildman–Crippen MR) is 78.0 cm³/mol. The average Bonchev–Trinajstić information content (AvgIpc) is 2.45. The van der Waals surface area contributed by atoms with Crippen LogP contribution in [0, 0.1) is 5.92 Å². The number of ether oxygens (including phenoxy) is 1. The van der Waals surface area contributed by atoms with Crippen LogP contribution in [0.2, 0.25) is 0 Å². The van der Waals surface area contributed by atoms with Crippen molar-refractivity contribution in [3.05, 3.63) is 35.9 Å². The van der Waals surface area contributed by atoms with Crippen LogP contribution in [0.25, 0.3) is 0 Å². The fraction of sp³-hybridized carbons (Fsp3) is 0.500. The smallest absolute Gasteiger partial charge is 0.333 e. The van der Waals surface area contributed by atoms with Crippen molar-refractivity contribution < 1.29 is 14.3 Å². The van der Waals surface area contributed by atoms with E-state index in [2.05, 4.69) is 12.2 Å². The molecular formula is C16H23NO3. The van der Waals surface area contributed by atoms with E-state index in [1.54, 1.807) is 12.1 Å². The van der Waals surface area contributed by atoms with Gasteiger partial charge in [0.2, 0.25) is 5.91 Å². The summed E-state index contributed by atoms with van der Waals surface area (Å²) in [5.74, 6) is -0.257. The van der Waals surface area contributed by atoms with Gasteiger partial charge < -0.3 is 10.1 Å². The molecule has 4 nitrogen and oxygen atoms in total. The Hall–Kier alpha value is -1.84. The molecular weight excluding hydrogens is 254 g/mol. The van der Waals surface area contributed by atoms with Gasteiger partial charge in [0.25, 0.3) is 0 Å². The quantitative estimate of drug-likeness (QED) is 0.780. The summed E-state index contributed by atoms with van der Waals surface area (Å²) in [4.78, 5) is 23.8. The van der Waals surface area contributed by atoms with E-state index in [0.717, 1.165) is 18.4 Å². The van der Waals surface area contributed by atoms with Crippen LogP contribution in [0.3, 0.4) is 0 Å². The Bertz CT molecular complexity index is 431. The maximum absolute atomic E-state index is 12.0. The van der Waals surface area contributed by atoms with Crippen molar-refractivity contribution in [3.63, 3.8) is 0 Å². The Kier molecular flexibility index (Phi) is 6.77. The van der Waals surface area contributed by atoms with Crippen LogP contribution in [0.15, 0.2) is 30.3 Å². The SMILES string of the molecule is CCC[C@@H](C)CC(=O)N[C@@H](C(=O)OC)c1ccccc1. The lowest BCUT2D eigenvalue weighted by Gasteiger charge is -2.18. The molecule has 0 aromatic heterocycles. The molecule has 2 atom stereocenters. The van der Waals surface area contributed by atoms with E-state index >= 15 is 0 Å². The van der Waals surface area contributed by atoms with E-state index in [-0.39, 0.29) is 5.91 Å². The van der Waals surface area contributed by atoms with Gasteiger partial charge in [0.05, 0.1) is 7.11 Å². The molecule has 0 aliphatic rings. The van der Waals surface area contributed by atoms with Gasteiger partial charge in [-0.05, 0) is 11.5 Å². The van der Waals surface area contributed by atoms with Gasteiger partial charge in [-0.1, -0.05) is 57.0 Å². The van der Waals surface area contributed by atoms with Gasteiger partial charge in [0.1, 0.15) is 0 Å². The van der Waals surface area contributed by atoms with Crippen LogP contribution in [-0.4, -0.2) is 19.0 Å². The number of benzene rings is 1. The van der Waals surface area contributed by atoms with E-state index in [1.807, 2.05) is 25.1 Å². The second kappa shape index (κ2) is 8.35. The molecule has 0 aliphatic heterocycles. The van der Waals surface area contributed by atoms with Crippen molar-refractivity contribution in [3.8, 4) is 0 Å². The number of esters is 1. The zero-order chi connectivity index (χ0) is 15.0. The molecule has 0 fully saturated rings. The molecule has 1 aromatic carbocycles. The maximum atomic E-state index is 12.0. The summed E-state index contributed by atoms with van der Waals surface area (Å²) in [5.41, 5.74) is 0.732. The Morgan fingerprint density at radius 3 is 2.45 bits per heavy atom. The lowest BCUT2D eigenvalue weighted by molar-refractivity contribution is -0.145. The third-order valence-corrected chi connectivity index (χ3v) is 3.19. The summed E-state index contributed by atoms with van der Waals surface area (Å²) < 4.78 is 4.77. The highest BCUT2D eigenvalue weighted by Gasteiger charge is 2.23. The van der Waals surface area contributed by atoms with Crippen LogP contribution in [0.5, 0.6) is 0 Å². The standard InChI is InChI=1S/C16H23NO3/c1-4-8-12(2)11-14(18)17-15(16(19)20-3)13-9-6-5-7-10-13/h5-7,9-10,12,15H,4,8,11H2,1-3H3,(H,17,18)/t12-,15-/m1/s1. The molecule has 0 unspecified atom stereocenters. The normalized spacial score (nSPS) is 13.3. The zero-order valence-electron chi connectivity index (χ0n) is 12.4. The summed E-state index contributed by atoms with van der Waals surface area (Å²) in [6, 6.07) is 8.40. The Labute approximate surface area is 120 Å². The summed E-state index contributed by atoms with van der Waals surface area (Å²) in [6.45, 7) is 4.13. The Morgan fingerprint density at radius 2 is 1.90 bits per heavy atom. The van der Waals surface area contributed by atoms with Crippen molar-refractivity contribution in [2.24, 2.45) is 5.92 Å². The molecule has 1 N–H and O–H groups in total. The highest BCUT2D eigenvalue weighted by atomic mass is 16.5. The fourth-order valence-electron chi connectivity index (χ4n) is 2.17. The Balaban J connectivity index is 2.71. The van der Waals surface area contributed by atoms with Gasteiger partial charge >= 0.3 is 5.97 Å². The topological polar surface area (TPSA) is 55.4 Å². The molecule has 1 rings (SSSR count). The van der Waals surface area contributed by atoms with Crippen molar-refractivity contribution in [2.45, 2.75) is 39.2 Å². The second-order valence-electron chi connectivity index (χ2n) is 5.03. The molecule has 0 bridgehead atoms. The molecule has 0 saturated carbocycles. The van der Waals surface area contributed by atoms with Crippen LogP contribution >= 0.6 is 0 Å². The molecule has 1 aromatic rings. The molecule has 4 heteroatoms. The fourth-order valence-corrected chi connectivity index (χ4v) is 2.17. The van der Waals surface area contributed by atoms with Crippen molar-refractivity contribution in [1.29, 1.82) is 0 Å². The van der Waals surface area contributed by atoms with Gasteiger partial charge in [0, 0.05) is 6.42 Å². The van der Waals surface area contributed by atoms with Gasteiger partial charge in [-0.25, -0.2) is 4.79 Å². The number of carbonyl (C=O) groups excluding carboxylic acids is 2. The molecule has 110 valence electrons. The molecule has 0 heterocycles. The molecule has 0 radical (unpaired) electrons. The first-order valence-electron chi connectivity index (χ1n) is 7.00. The molecule has 0 aliphatic carbocycles. The predicted octanol–water partition coefficient (Wildman–Crippen LogP) is 2.84. The first-order chi connectivity index (χ1) is 9.58. The average molecular weight is 277 g/mol. The van der Waals surface area contributed by atoms with Gasteiger partial charge in [-0.15, -0.1) is 0 Å². The zero-order valence-corrected chi connectivity index (χ0v) is 12.4. The summed E-state index contributed by atoms with van der Waals surface area (Å²) >= 11 is 0. The third-order valence-electron chi connectivity index (χ3n) is 3.19. The van der Waals surface area contributed by atoms with E-state index in [1.165, 1.54) is 7.11 Å². The lowest BCUT2D eigenvalue weighted by atomic mass is 10.0. The van der Waals surface area contributed by atoms with Crippen LogP contribution in [0.1, 0.15) is 44.7 Å². The van der Waals surface area contributed by atoms with Crippen LogP contribution in [0.4, 0.5) is 0 Å². The van der Waals surface area contributed by atoms with Crippen molar-refractivity contribution in [1.82, 2.24) is 5.32 Å². The molecule has 20 heavy (non-hydrogen) atoms. The highest BCUT2D eigenvalue weighted by Crippen LogP contribution is 2.16. The minimum Gasteiger partial charge on any atom is -0.467 e. The van der Waals surface area contributed by atoms with Crippen molar-refractivity contribution >= 4 is 11.9 Å². The summed E-state index contributed by atoms with van der Waals surface area (Å²) in [7, 11) is 1.32. The molecule has 1 amide bonds. The van der Waals surface area contributed by atoms with E-state index in [9.17, 15) is 9.59 Å². The highest BCUT2D eigenvalue weighted by molar-refractivity contribution is 5.85. The van der Waals surface area contributed by atoms with Gasteiger partial charge in [-0.3, -0.25) is 4.79 Å². The monoisotopic (exact) mass is 277 g/mol. The molecule has 0 saturated heterocycles. The number of rotatable bonds is 7. The number of amides is 1. The molecule has 0 spiro atoms. The van der Waals surface area contributed by atoms with Crippen LogP contribution < -0.4 is 5.32 Å². The first kappa shape index (κ1) is 16.2. The summed E-state index contributed by atoms with van der Waals surface area (Å²) in [6.07, 6.45) is 2.48. The number of nitrogens with one attached hydrogen (secondary N) is 1. The van der Waals surface area contributed by atoms with Gasteiger partial charge in [-0.2, -0.15) is 0 Å². The van der Waals surface area contributed by atoms with E-state index in [4.69, 9.17) is 4.74 Å². The van der Waals surface area contributed by atoms with E-state index in [0.29, 0.717) is 12.3 Å². The third kappa shape index (κ3) is 5.03. The van der Waals surface area contributed by atoms with E-state index < -0.39 is 12.0 Å². The summed E-state index contributed by atoms with van der Waals surface area (Å²) in [5, 5.41) is 2.76. The Morgan fingerprint density at radius 1 is 1.25 bits per heavy atom. The van der Waals surface area contributed by atoms with Crippen LogP contribution in [-0.2, 0) is 14.3 Å². The minimum atomic E-state index is -0.734. The largest absolute Gasteiger partial charge is 0.467 e. The number of carbonyl (C=O) groups is 2. The van der Waals surface area contributed by atoms with Crippen molar-refractivity contribution in [2.75, 3.05) is 7.11 Å². The number of hydrogen-bond acceptors (Lipinski definition) is 3.